The van der Waals surface area contributed by atoms with E-state index in [1.807, 2.05) is 0 Å². The second-order valence-electron chi connectivity index (χ2n) is 8.76. The van der Waals surface area contributed by atoms with Gasteiger partial charge >= 0.3 is 5.97 Å². The Hall–Kier alpha value is -4.37. The molecule has 1 aromatic heterocycles. The summed E-state index contributed by atoms with van der Waals surface area (Å²) < 4.78 is 22.4. The number of benzene rings is 2. The molecule has 4 rings (SSSR count). The summed E-state index contributed by atoms with van der Waals surface area (Å²) in [7, 11) is 4.04. The van der Waals surface area contributed by atoms with Crippen LogP contribution in [-0.4, -0.2) is 55.9 Å². The quantitative estimate of drug-likeness (QED) is 0.300. The number of hydrogen-bond acceptors (Lipinski definition) is 8. The Morgan fingerprint density at radius 2 is 1.51 bits per heavy atom. The summed E-state index contributed by atoms with van der Waals surface area (Å²) in [5.41, 5.74) is 2.21. The molecule has 0 bridgehead atoms. The molecule has 0 atom stereocenters. The van der Waals surface area contributed by atoms with Crippen molar-refractivity contribution in [2.75, 3.05) is 27.9 Å². The Balaban J connectivity index is 1.64. The maximum Gasteiger partial charge on any atom is 0.310 e. The number of methoxy groups -OCH3 is 3. The fraction of sp³-hybridized carbons (Fsp3) is 0.241. The van der Waals surface area contributed by atoms with E-state index in [9.17, 15) is 19.2 Å². The Morgan fingerprint density at radius 1 is 0.872 bits per heavy atom. The molecule has 0 amide bonds. The van der Waals surface area contributed by atoms with Crippen molar-refractivity contribution in [2.45, 2.75) is 20.3 Å². The van der Waals surface area contributed by atoms with Gasteiger partial charge in [0.2, 0.25) is 23.1 Å². The predicted molar refractivity (Wildman–Crippen MR) is 143 cm³/mol. The van der Waals surface area contributed by atoms with Crippen molar-refractivity contribution in [1.82, 2.24) is 4.57 Å². The highest BCUT2D eigenvalue weighted by molar-refractivity contribution is 6.30. The third-order valence-corrected chi connectivity index (χ3v) is 6.88. The Bertz CT molecular complexity index is 1580. The highest BCUT2D eigenvalue weighted by Crippen LogP contribution is 2.31. The van der Waals surface area contributed by atoms with Gasteiger partial charge in [0.25, 0.3) is 5.91 Å². The van der Waals surface area contributed by atoms with Gasteiger partial charge in [-0.3, -0.25) is 23.7 Å². The van der Waals surface area contributed by atoms with E-state index in [0.717, 1.165) is 0 Å². The van der Waals surface area contributed by atoms with Gasteiger partial charge in [0.05, 0.1) is 33.3 Å². The first-order chi connectivity index (χ1) is 18.6. The molecule has 0 radical (unpaired) electrons. The zero-order valence-electron chi connectivity index (χ0n) is 22.0. The van der Waals surface area contributed by atoms with E-state index in [-0.39, 0.29) is 35.0 Å². The zero-order valence-corrected chi connectivity index (χ0v) is 22.8. The molecule has 0 unspecified atom stereocenters. The molecule has 3 aromatic rings. The van der Waals surface area contributed by atoms with Crippen LogP contribution in [0.25, 0.3) is 10.9 Å². The van der Waals surface area contributed by atoms with Gasteiger partial charge in [-0.25, -0.2) is 0 Å². The van der Waals surface area contributed by atoms with E-state index in [4.69, 9.17) is 30.5 Å². The van der Waals surface area contributed by atoms with Gasteiger partial charge in [0, 0.05) is 38.9 Å². The highest BCUT2D eigenvalue weighted by atomic mass is 35.5. The maximum atomic E-state index is 13.5. The molecular formula is C29H26ClNO8. The van der Waals surface area contributed by atoms with E-state index in [1.165, 1.54) is 32.8 Å². The Kier molecular flexibility index (Phi) is 7.92. The molecule has 2 aromatic carbocycles. The molecule has 1 heterocycles. The summed E-state index contributed by atoms with van der Waals surface area (Å²) >= 11 is 5.99. The number of ketones is 2. The van der Waals surface area contributed by atoms with Gasteiger partial charge in [-0.15, -0.1) is 0 Å². The second kappa shape index (κ2) is 11.2. The molecule has 0 saturated carbocycles. The van der Waals surface area contributed by atoms with Crippen molar-refractivity contribution in [3.63, 3.8) is 0 Å². The smallest absolute Gasteiger partial charge is 0.310 e. The minimum Gasteiger partial charge on any atom is -0.497 e. The third-order valence-electron chi connectivity index (χ3n) is 6.63. The van der Waals surface area contributed by atoms with Crippen LogP contribution in [0.1, 0.15) is 28.5 Å². The van der Waals surface area contributed by atoms with E-state index in [2.05, 4.69) is 0 Å². The molecule has 39 heavy (non-hydrogen) atoms. The molecule has 0 spiro atoms. The van der Waals surface area contributed by atoms with Gasteiger partial charge in [0.1, 0.15) is 12.4 Å². The fourth-order valence-corrected chi connectivity index (χ4v) is 4.64. The predicted octanol–water partition coefficient (Wildman–Crippen LogP) is 4.36. The second-order valence-corrected chi connectivity index (χ2v) is 9.20. The Labute approximate surface area is 229 Å². The van der Waals surface area contributed by atoms with Crippen LogP contribution < -0.4 is 4.74 Å². The number of nitrogens with zero attached hydrogens (tertiary/aromatic N) is 1. The van der Waals surface area contributed by atoms with E-state index in [0.29, 0.717) is 38.5 Å². The van der Waals surface area contributed by atoms with Gasteiger partial charge in [-0.2, -0.15) is 0 Å². The number of esters is 1. The van der Waals surface area contributed by atoms with Crippen LogP contribution >= 0.6 is 11.6 Å². The van der Waals surface area contributed by atoms with Crippen molar-refractivity contribution >= 4 is 45.9 Å². The lowest BCUT2D eigenvalue weighted by atomic mass is 9.93. The van der Waals surface area contributed by atoms with Gasteiger partial charge < -0.3 is 18.9 Å². The monoisotopic (exact) mass is 551 g/mol. The first-order valence-corrected chi connectivity index (χ1v) is 12.3. The number of halogens is 1. The molecule has 9 nitrogen and oxygen atoms in total. The van der Waals surface area contributed by atoms with Crippen LogP contribution in [0.15, 0.2) is 65.1 Å². The maximum absolute atomic E-state index is 13.5. The lowest BCUT2D eigenvalue weighted by Gasteiger charge is -2.20. The van der Waals surface area contributed by atoms with Crippen molar-refractivity contribution in [2.24, 2.45) is 0 Å². The van der Waals surface area contributed by atoms with Gasteiger partial charge in [-0.05, 0) is 55.8 Å². The summed E-state index contributed by atoms with van der Waals surface area (Å²) in [5.74, 6) is -1.96. The first kappa shape index (κ1) is 27.7. The molecule has 10 heteroatoms. The average Bonchev–Trinajstić information content (AvgIpc) is 3.20. The number of hydrogen-bond donors (Lipinski definition) is 0. The molecule has 1 aliphatic carbocycles. The topological polar surface area (TPSA) is 110 Å². The van der Waals surface area contributed by atoms with E-state index >= 15 is 0 Å². The van der Waals surface area contributed by atoms with Crippen LogP contribution in [0.2, 0.25) is 5.02 Å². The number of Topliss-reactive ketones (excluding diaryl/α,β-unsaturated/α-hetero) is 2. The average molecular weight is 552 g/mol. The minimum atomic E-state index is -0.645. The lowest BCUT2D eigenvalue weighted by Crippen LogP contribution is -2.28. The van der Waals surface area contributed by atoms with Crippen LogP contribution in [-0.2, 0) is 35.0 Å². The van der Waals surface area contributed by atoms with Gasteiger partial charge in [0.15, 0.2) is 0 Å². The summed E-state index contributed by atoms with van der Waals surface area (Å²) in [6, 6.07) is 11.7. The fourth-order valence-electron chi connectivity index (χ4n) is 4.51. The summed E-state index contributed by atoms with van der Waals surface area (Å²) in [5, 5.41) is 1.17. The van der Waals surface area contributed by atoms with Crippen LogP contribution in [0.3, 0.4) is 0 Å². The zero-order chi connectivity index (χ0) is 28.4. The largest absolute Gasteiger partial charge is 0.497 e. The highest BCUT2D eigenvalue weighted by Gasteiger charge is 2.35. The van der Waals surface area contributed by atoms with Crippen LogP contribution in [0.4, 0.5) is 0 Å². The normalized spacial score (nSPS) is 13.7. The summed E-state index contributed by atoms with van der Waals surface area (Å²) in [4.78, 5) is 51.9. The number of carbonyl (C=O) groups is 4. The molecule has 202 valence electrons. The van der Waals surface area contributed by atoms with Crippen molar-refractivity contribution < 1.29 is 38.1 Å². The number of fused-ring (bicyclic) bond motifs is 1. The van der Waals surface area contributed by atoms with Crippen LogP contribution in [0, 0.1) is 6.92 Å². The van der Waals surface area contributed by atoms with E-state index in [1.54, 1.807) is 49.4 Å². The standard InChI is InChI=1S/C29H26ClNO8/c1-15-22(26(34)28(38-5)27(37-4)25(15)33)14-39-24(32)13-21-16(2)31(23-12-19(36-3)10-11-20(21)23)29(35)17-6-8-18(30)9-7-17/h6-12H,13-14H2,1-5H3. The molecule has 0 aliphatic heterocycles. The molecule has 0 fully saturated rings. The molecule has 0 N–H and O–H groups in total. The van der Waals surface area contributed by atoms with Crippen LogP contribution in [0.5, 0.6) is 5.75 Å². The SMILES string of the molecule is COC1=C(OC)C(=O)C(COC(=O)Cc2c(C)n(C(=O)c3ccc(Cl)cc3)c3cc(OC)ccc23)=C(C)C1=O. The minimum absolute atomic E-state index is 0.00722. The first-order valence-electron chi connectivity index (χ1n) is 11.9. The third kappa shape index (κ3) is 5.05. The van der Waals surface area contributed by atoms with E-state index < -0.39 is 24.1 Å². The number of allylic oxidation sites excluding steroid dienone is 2. The van der Waals surface area contributed by atoms with Crippen molar-refractivity contribution in [1.29, 1.82) is 0 Å². The summed E-state index contributed by atoms with van der Waals surface area (Å²) in [6.45, 7) is 2.78. The number of ether oxygens (including phenoxy) is 4. The number of carbonyl (C=O) groups excluding carboxylic acids is 4. The molecular weight excluding hydrogens is 526 g/mol. The number of aromatic nitrogens is 1. The van der Waals surface area contributed by atoms with Crippen molar-refractivity contribution in [3.05, 3.63) is 87.0 Å². The Morgan fingerprint density at radius 3 is 2.13 bits per heavy atom. The molecule has 1 aliphatic rings. The van der Waals surface area contributed by atoms with Crippen molar-refractivity contribution in [3.8, 4) is 5.75 Å². The summed E-state index contributed by atoms with van der Waals surface area (Å²) in [6.07, 6.45) is -0.180. The lowest BCUT2D eigenvalue weighted by molar-refractivity contribution is -0.142. The number of rotatable bonds is 8. The van der Waals surface area contributed by atoms with Gasteiger partial charge in [-0.1, -0.05) is 11.6 Å². The molecule has 0 saturated heterocycles.